The lowest BCUT2D eigenvalue weighted by atomic mass is 9.98. The number of hydrogen-bond donors (Lipinski definition) is 0. The molecule has 1 unspecified atom stereocenters. The molecular weight excluding hydrogens is 368 g/mol. The summed E-state index contributed by atoms with van der Waals surface area (Å²) in [5.41, 5.74) is 5.66. The van der Waals surface area contributed by atoms with Crippen LogP contribution >= 0.6 is 11.8 Å². The second kappa shape index (κ2) is 8.65. The molecule has 0 spiro atoms. The first-order chi connectivity index (χ1) is 13.7. The maximum atomic E-state index is 12.1. The normalized spacial score (nSPS) is 18.8. The van der Waals surface area contributed by atoms with E-state index in [4.69, 9.17) is 4.84 Å². The molecule has 0 aromatic heterocycles. The van der Waals surface area contributed by atoms with Crippen LogP contribution in [0.1, 0.15) is 30.9 Å². The second-order valence-corrected chi connectivity index (χ2v) is 8.22. The molecule has 2 aliphatic heterocycles. The molecule has 0 bridgehead atoms. The molecule has 144 valence electrons. The van der Waals surface area contributed by atoms with Crippen molar-refractivity contribution in [2.24, 2.45) is 5.16 Å². The molecule has 2 aromatic rings. The molecule has 1 atom stereocenters. The SMILES string of the molecule is CC(=O)N(CC1CC(c2ccc(C3=CCSCC3)cc2)=NO1)c1ccccc1. The number of amides is 1. The van der Waals surface area contributed by atoms with Gasteiger partial charge < -0.3 is 9.74 Å². The number of para-hydroxylation sites is 1. The molecule has 0 fully saturated rings. The highest BCUT2D eigenvalue weighted by atomic mass is 32.2. The van der Waals surface area contributed by atoms with Crippen LogP contribution < -0.4 is 4.90 Å². The van der Waals surface area contributed by atoms with Gasteiger partial charge in [-0.1, -0.05) is 53.7 Å². The Labute approximate surface area is 170 Å². The van der Waals surface area contributed by atoms with E-state index in [1.54, 1.807) is 11.8 Å². The Bertz CT molecular complexity index is 891. The first kappa shape index (κ1) is 18.8. The molecule has 2 heterocycles. The first-order valence-corrected chi connectivity index (χ1v) is 10.8. The number of hydrogen-bond acceptors (Lipinski definition) is 4. The summed E-state index contributed by atoms with van der Waals surface area (Å²) in [4.78, 5) is 19.5. The van der Waals surface area contributed by atoms with Gasteiger partial charge in [-0.15, -0.1) is 0 Å². The lowest BCUT2D eigenvalue weighted by molar-refractivity contribution is -0.117. The summed E-state index contributed by atoms with van der Waals surface area (Å²) in [5.74, 6) is 2.31. The molecule has 5 heteroatoms. The molecule has 4 nitrogen and oxygen atoms in total. The Hall–Kier alpha value is -2.53. The highest BCUT2D eigenvalue weighted by molar-refractivity contribution is 7.99. The van der Waals surface area contributed by atoms with E-state index in [0.717, 1.165) is 29.1 Å². The van der Waals surface area contributed by atoms with Gasteiger partial charge in [0.1, 0.15) is 0 Å². The third-order valence-corrected chi connectivity index (χ3v) is 6.01. The summed E-state index contributed by atoms with van der Waals surface area (Å²) >= 11 is 1.98. The van der Waals surface area contributed by atoms with Crippen molar-refractivity contribution in [3.63, 3.8) is 0 Å². The van der Waals surface area contributed by atoms with E-state index in [9.17, 15) is 4.79 Å². The molecule has 4 rings (SSSR count). The third kappa shape index (κ3) is 4.30. The van der Waals surface area contributed by atoms with E-state index in [1.165, 1.54) is 16.9 Å². The predicted octanol–water partition coefficient (Wildman–Crippen LogP) is 4.75. The fourth-order valence-electron chi connectivity index (χ4n) is 3.59. The summed E-state index contributed by atoms with van der Waals surface area (Å²) < 4.78 is 0. The summed E-state index contributed by atoms with van der Waals surface area (Å²) in [5, 5.41) is 4.30. The number of nitrogens with zero attached hydrogens (tertiary/aromatic N) is 2. The van der Waals surface area contributed by atoms with Crippen molar-refractivity contribution in [1.82, 2.24) is 0 Å². The average molecular weight is 393 g/mol. The molecule has 0 N–H and O–H groups in total. The smallest absolute Gasteiger partial charge is 0.223 e. The van der Waals surface area contributed by atoms with Gasteiger partial charge in [-0.2, -0.15) is 11.8 Å². The summed E-state index contributed by atoms with van der Waals surface area (Å²) in [6, 6.07) is 18.3. The van der Waals surface area contributed by atoms with Crippen LogP contribution in [-0.2, 0) is 9.63 Å². The highest BCUT2D eigenvalue weighted by Gasteiger charge is 2.26. The van der Waals surface area contributed by atoms with Gasteiger partial charge in [0.15, 0.2) is 6.10 Å². The Kier molecular flexibility index (Phi) is 5.81. The van der Waals surface area contributed by atoms with Crippen LogP contribution in [0.25, 0.3) is 5.57 Å². The number of oxime groups is 1. The minimum absolute atomic E-state index is 0.00604. The zero-order valence-electron chi connectivity index (χ0n) is 16.0. The predicted molar refractivity (Wildman–Crippen MR) is 117 cm³/mol. The fraction of sp³-hybridized carbons (Fsp3) is 0.304. The van der Waals surface area contributed by atoms with Crippen molar-refractivity contribution in [2.45, 2.75) is 25.9 Å². The highest BCUT2D eigenvalue weighted by Crippen LogP contribution is 2.27. The van der Waals surface area contributed by atoms with Gasteiger partial charge >= 0.3 is 0 Å². The monoisotopic (exact) mass is 392 g/mol. The zero-order chi connectivity index (χ0) is 19.3. The van der Waals surface area contributed by atoms with Gasteiger partial charge in [0, 0.05) is 24.8 Å². The quantitative estimate of drug-likeness (QED) is 0.737. The van der Waals surface area contributed by atoms with Crippen LogP contribution in [0.5, 0.6) is 0 Å². The Morgan fingerprint density at radius 2 is 1.89 bits per heavy atom. The maximum absolute atomic E-state index is 12.1. The molecule has 28 heavy (non-hydrogen) atoms. The van der Waals surface area contributed by atoms with Crippen LogP contribution in [0, 0.1) is 0 Å². The van der Waals surface area contributed by atoms with Crippen LogP contribution in [0.3, 0.4) is 0 Å². The third-order valence-electron chi connectivity index (χ3n) is 5.12. The van der Waals surface area contributed by atoms with E-state index in [2.05, 4.69) is 35.5 Å². The van der Waals surface area contributed by atoms with E-state index in [-0.39, 0.29) is 12.0 Å². The Morgan fingerprint density at radius 3 is 2.57 bits per heavy atom. The molecular formula is C23H24N2O2S. The summed E-state index contributed by atoms with van der Waals surface area (Å²) in [6.45, 7) is 2.08. The number of anilines is 1. The van der Waals surface area contributed by atoms with Crippen LogP contribution in [-0.4, -0.2) is 35.8 Å². The Morgan fingerprint density at radius 1 is 1.14 bits per heavy atom. The topological polar surface area (TPSA) is 41.9 Å². The van der Waals surface area contributed by atoms with E-state index in [1.807, 2.05) is 42.1 Å². The minimum Gasteiger partial charge on any atom is -0.390 e. The number of carbonyl (C=O) groups excluding carboxylic acids is 1. The van der Waals surface area contributed by atoms with Crippen LogP contribution in [0.4, 0.5) is 5.69 Å². The van der Waals surface area contributed by atoms with Gasteiger partial charge in [-0.25, -0.2) is 0 Å². The fourth-order valence-corrected chi connectivity index (χ4v) is 4.44. The zero-order valence-corrected chi connectivity index (χ0v) is 16.8. The van der Waals surface area contributed by atoms with Crippen molar-refractivity contribution in [3.05, 3.63) is 71.8 Å². The van der Waals surface area contributed by atoms with E-state index in [0.29, 0.717) is 13.0 Å². The van der Waals surface area contributed by atoms with Crippen LogP contribution in [0.15, 0.2) is 65.8 Å². The molecule has 0 saturated heterocycles. The van der Waals surface area contributed by atoms with Crippen molar-refractivity contribution in [2.75, 3.05) is 23.0 Å². The number of carbonyl (C=O) groups is 1. The lowest BCUT2D eigenvalue weighted by Crippen LogP contribution is -2.36. The number of allylic oxidation sites excluding steroid dienone is 1. The largest absolute Gasteiger partial charge is 0.390 e. The first-order valence-electron chi connectivity index (χ1n) is 9.64. The Balaban J connectivity index is 1.40. The molecule has 2 aliphatic rings. The molecule has 0 aliphatic carbocycles. The van der Waals surface area contributed by atoms with Crippen molar-refractivity contribution in [3.8, 4) is 0 Å². The number of benzene rings is 2. The van der Waals surface area contributed by atoms with Gasteiger partial charge in [0.25, 0.3) is 0 Å². The van der Waals surface area contributed by atoms with Crippen molar-refractivity contribution in [1.29, 1.82) is 0 Å². The molecule has 2 aromatic carbocycles. The van der Waals surface area contributed by atoms with E-state index >= 15 is 0 Å². The lowest BCUT2D eigenvalue weighted by Gasteiger charge is -2.23. The summed E-state index contributed by atoms with van der Waals surface area (Å²) in [6.07, 6.45) is 4.04. The van der Waals surface area contributed by atoms with Crippen molar-refractivity contribution >= 4 is 34.6 Å². The van der Waals surface area contributed by atoms with Gasteiger partial charge in [-0.05, 0) is 41.0 Å². The van der Waals surface area contributed by atoms with Crippen LogP contribution in [0.2, 0.25) is 0 Å². The average Bonchev–Trinajstić information content (AvgIpc) is 3.22. The van der Waals surface area contributed by atoms with Crippen molar-refractivity contribution < 1.29 is 9.63 Å². The minimum atomic E-state index is -0.128. The van der Waals surface area contributed by atoms with E-state index < -0.39 is 0 Å². The van der Waals surface area contributed by atoms with Gasteiger partial charge in [0.05, 0.1) is 12.3 Å². The summed E-state index contributed by atoms with van der Waals surface area (Å²) in [7, 11) is 0. The molecule has 1 amide bonds. The van der Waals surface area contributed by atoms with Gasteiger partial charge in [-0.3, -0.25) is 4.79 Å². The molecule has 0 saturated carbocycles. The molecule has 0 radical (unpaired) electrons. The number of rotatable bonds is 5. The number of thioether (sulfide) groups is 1. The maximum Gasteiger partial charge on any atom is 0.223 e. The second-order valence-electron chi connectivity index (χ2n) is 7.07. The standard InChI is InChI=1S/C23H24N2O2S/c1-17(26)25(21-5-3-2-4-6-21)16-22-15-23(24-27-22)20-9-7-18(8-10-20)19-11-13-28-14-12-19/h2-11,22H,12-16H2,1H3. The van der Waals surface area contributed by atoms with Gasteiger partial charge in [0.2, 0.25) is 5.91 Å².